The molecule has 0 heterocycles. The van der Waals surface area contributed by atoms with Crippen LogP contribution in [0.5, 0.6) is 0 Å². The maximum absolute atomic E-state index is 14.3. The van der Waals surface area contributed by atoms with Gasteiger partial charge in [-0.2, -0.15) is 0 Å². The first-order chi connectivity index (χ1) is 13.0. The van der Waals surface area contributed by atoms with Gasteiger partial charge in [0.1, 0.15) is 5.82 Å². The largest absolute Gasteiger partial charge is 0.326 e. The Morgan fingerprint density at radius 3 is 2.19 bits per heavy atom. The molecule has 0 bridgehead atoms. The number of rotatable bonds is 7. The van der Waals surface area contributed by atoms with Gasteiger partial charge in [0.2, 0.25) is 0 Å². The Balaban J connectivity index is 1.85. The van der Waals surface area contributed by atoms with Gasteiger partial charge in [0.15, 0.2) is 0 Å². The zero-order valence-corrected chi connectivity index (χ0v) is 16.2. The van der Waals surface area contributed by atoms with Crippen molar-refractivity contribution < 1.29 is 4.39 Å². The fourth-order valence-corrected chi connectivity index (χ4v) is 3.41. The van der Waals surface area contributed by atoms with Crippen LogP contribution in [0.1, 0.15) is 27.8 Å². The van der Waals surface area contributed by atoms with Gasteiger partial charge < -0.3 is 5.73 Å². The molecule has 0 amide bonds. The van der Waals surface area contributed by atoms with E-state index in [1.165, 1.54) is 17.2 Å². The lowest BCUT2D eigenvalue weighted by Crippen LogP contribution is -2.23. The molecule has 0 aliphatic heterocycles. The first-order valence-electron chi connectivity index (χ1n) is 9.04. The molecule has 4 heteroatoms. The van der Waals surface area contributed by atoms with Gasteiger partial charge >= 0.3 is 0 Å². The molecule has 2 N–H and O–H groups in total. The quantitative estimate of drug-likeness (QED) is 0.588. The number of benzene rings is 3. The highest BCUT2D eigenvalue weighted by Crippen LogP contribution is 2.23. The Labute approximate surface area is 165 Å². The molecule has 3 aromatic carbocycles. The van der Waals surface area contributed by atoms with Crippen molar-refractivity contribution in [3.63, 3.8) is 0 Å². The summed E-state index contributed by atoms with van der Waals surface area (Å²) in [7, 11) is 0. The van der Waals surface area contributed by atoms with Crippen molar-refractivity contribution in [2.24, 2.45) is 5.73 Å². The zero-order chi connectivity index (χ0) is 19.2. The van der Waals surface area contributed by atoms with Crippen LogP contribution in [0.4, 0.5) is 4.39 Å². The van der Waals surface area contributed by atoms with Gasteiger partial charge in [-0.1, -0.05) is 71.8 Å². The first kappa shape index (κ1) is 19.6. The van der Waals surface area contributed by atoms with Gasteiger partial charge in [0.25, 0.3) is 0 Å². The Kier molecular flexibility index (Phi) is 6.62. The van der Waals surface area contributed by atoms with Crippen LogP contribution in [0.2, 0.25) is 5.02 Å². The molecule has 140 valence electrons. The Hall–Kier alpha value is -2.20. The van der Waals surface area contributed by atoms with Crippen molar-refractivity contribution in [1.29, 1.82) is 0 Å². The summed E-state index contributed by atoms with van der Waals surface area (Å²) in [6.07, 6.45) is 0. The third kappa shape index (κ3) is 5.39. The summed E-state index contributed by atoms with van der Waals surface area (Å²) in [5.41, 5.74) is 10.9. The van der Waals surface area contributed by atoms with Gasteiger partial charge in [-0.25, -0.2) is 4.39 Å². The molecule has 0 spiro atoms. The third-order valence-corrected chi connectivity index (χ3v) is 4.95. The summed E-state index contributed by atoms with van der Waals surface area (Å²) in [6.45, 7) is 4.46. The van der Waals surface area contributed by atoms with Crippen LogP contribution in [-0.4, -0.2) is 4.90 Å². The van der Waals surface area contributed by atoms with Crippen molar-refractivity contribution in [3.8, 4) is 0 Å². The van der Waals surface area contributed by atoms with Crippen molar-refractivity contribution >= 4 is 11.6 Å². The van der Waals surface area contributed by atoms with E-state index >= 15 is 0 Å². The Morgan fingerprint density at radius 1 is 0.852 bits per heavy atom. The standard InChI is InChI=1S/C23H24ClFN2/c1-17-4-2-5-20(12-17)15-27(14-19-10-8-18(13-26)9-11-19)16-21-22(24)6-3-7-23(21)25/h2-12H,13-16,26H2,1H3. The van der Waals surface area contributed by atoms with Crippen molar-refractivity contribution in [3.05, 3.63) is 105 Å². The maximum Gasteiger partial charge on any atom is 0.129 e. The molecule has 0 aliphatic carbocycles. The van der Waals surface area contributed by atoms with E-state index in [0.29, 0.717) is 36.8 Å². The molecular formula is C23H24ClFN2. The summed E-state index contributed by atoms with van der Waals surface area (Å²) in [5, 5.41) is 0.461. The lowest BCUT2D eigenvalue weighted by Gasteiger charge is -2.24. The predicted molar refractivity (Wildman–Crippen MR) is 110 cm³/mol. The van der Waals surface area contributed by atoms with E-state index in [1.54, 1.807) is 12.1 Å². The minimum Gasteiger partial charge on any atom is -0.326 e. The van der Waals surface area contributed by atoms with E-state index in [2.05, 4.69) is 48.2 Å². The number of nitrogens with zero attached hydrogens (tertiary/aromatic N) is 1. The highest BCUT2D eigenvalue weighted by Gasteiger charge is 2.14. The van der Waals surface area contributed by atoms with Crippen LogP contribution in [0.15, 0.2) is 66.7 Å². The normalized spacial score (nSPS) is 11.1. The van der Waals surface area contributed by atoms with E-state index in [1.807, 2.05) is 12.1 Å². The average Bonchev–Trinajstić information content (AvgIpc) is 2.65. The van der Waals surface area contributed by atoms with E-state index in [-0.39, 0.29) is 5.82 Å². The predicted octanol–water partition coefficient (Wildman–Crippen LogP) is 5.45. The van der Waals surface area contributed by atoms with Crippen molar-refractivity contribution in [1.82, 2.24) is 4.90 Å². The van der Waals surface area contributed by atoms with E-state index in [9.17, 15) is 4.39 Å². The summed E-state index contributed by atoms with van der Waals surface area (Å²) in [6, 6.07) is 21.5. The van der Waals surface area contributed by atoms with E-state index in [0.717, 1.165) is 11.1 Å². The van der Waals surface area contributed by atoms with Crippen LogP contribution in [0.25, 0.3) is 0 Å². The molecule has 0 aliphatic rings. The molecule has 0 radical (unpaired) electrons. The molecule has 0 saturated carbocycles. The van der Waals surface area contributed by atoms with Crippen LogP contribution in [-0.2, 0) is 26.2 Å². The molecule has 3 rings (SSSR count). The highest BCUT2D eigenvalue weighted by atomic mass is 35.5. The van der Waals surface area contributed by atoms with Gasteiger partial charge in [0.05, 0.1) is 0 Å². The lowest BCUT2D eigenvalue weighted by molar-refractivity contribution is 0.244. The minimum atomic E-state index is -0.268. The molecule has 0 aromatic heterocycles. The number of hydrogen-bond acceptors (Lipinski definition) is 2. The summed E-state index contributed by atoms with van der Waals surface area (Å²) >= 11 is 6.26. The lowest BCUT2D eigenvalue weighted by atomic mass is 10.1. The second-order valence-corrected chi connectivity index (χ2v) is 7.26. The fraction of sp³-hybridized carbons (Fsp3) is 0.217. The molecule has 0 atom stereocenters. The zero-order valence-electron chi connectivity index (χ0n) is 15.5. The SMILES string of the molecule is Cc1cccc(CN(Cc2ccc(CN)cc2)Cc2c(F)cccc2Cl)c1. The summed E-state index contributed by atoms with van der Waals surface area (Å²) < 4.78 is 14.3. The molecule has 0 saturated heterocycles. The number of halogens is 2. The highest BCUT2D eigenvalue weighted by molar-refractivity contribution is 6.31. The fourth-order valence-electron chi connectivity index (χ4n) is 3.18. The van der Waals surface area contributed by atoms with Gasteiger partial charge in [0, 0.05) is 36.8 Å². The third-order valence-electron chi connectivity index (χ3n) is 4.60. The second-order valence-electron chi connectivity index (χ2n) is 6.86. The molecule has 27 heavy (non-hydrogen) atoms. The molecular weight excluding hydrogens is 359 g/mol. The number of nitrogens with two attached hydrogens (primary N) is 1. The Bertz CT molecular complexity index is 873. The summed E-state index contributed by atoms with van der Waals surface area (Å²) in [4.78, 5) is 2.20. The molecule has 0 unspecified atom stereocenters. The topological polar surface area (TPSA) is 29.3 Å². The monoisotopic (exact) mass is 382 g/mol. The first-order valence-corrected chi connectivity index (χ1v) is 9.41. The van der Waals surface area contributed by atoms with Crippen molar-refractivity contribution in [2.75, 3.05) is 0 Å². The Morgan fingerprint density at radius 2 is 1.52 bits per heavy atom. The van der Waals surface area contributed by atoms with Crippen LogP contribution < -0.4 is 5.73 Å². The van der Waals surface area contributed by atoms with Crippen molar-refractivity contribution in [2.45, 2.75) is 33.1 Å². The van der Waals surface area contributed by atoms with Crippen LogP contribution in [0.3, 0.4) is 0 Å². The molecule has 3 aromatic rings. The number of hydrogen-bond donors (Lipinski definition) is 1. The maximum atomic E-state index is 14.3. The van der Waals surface area contributed by atoms with E-state index in [4.69, 9.17) is 17.3 Å². The van der Waals surface area contributed by atoms with Crippen LogP contribution >= 0.6 is 11.6 Å². The van der Waals surface area contributed by atoms with Gasteiger partial charge in [-0.05, 0) is 35.7 Å². The van der Waals surface area contributed by atoms with Gasteiger partial charge in [-0.3, -0.25) is 4.90 Å². The van der Waals surface area contributed by atoms with Crippen LogP contribution in [0, 0.1) is 12.7 Å². The minimum absolute atomic E-state index is 0.268. The van der Waals surface area contributed by atoms with E-state index < -0.39 is 0 Å². The molecule has 0 fully saturated rings. The average molecular weight is 383 g/mol. The second kappa shape index (κ2) is 9.14. The molecule has 2 nitrogen and oxygen atoms in total. The smallest absolute Gasteiger partial charge is 0.129 e. The van der Waals surface area contributed by atoms with Gasteiger partial charge in [-0.15, -0.1) is 0 Å². The number of aryl methyl sites for hydroxylation is 1. The summed E-state index contributed by atoms with van der Waals surface area (Å²) in [5.74, 6) is -0.268.